The first-order chi connectivity index (χ1) is 8.74. The Morgan fingerprint density at radius 1 is 1.05 bits per heavy atom. The van der Waals surface area contributed by atoms with Gasteiger partial charge in [0.15, 0.2) is 0 Å². The van der Waals surface area contributed by atoms with Crippen molar-refractivity contribution < 1.29 is 25.8 Å². The van der Waals surface area contributed by atoms with Crippen LogP contribution in [0.5, 0.6) is 0 Å². The maximum absolute atomic E-state index is 12.4. The van der Waals surface area contributed by atoms with Crippen molar-refractivity contribution in [3.63, 3.8) is 0 Å². The summed E-state index contributed by atoms with van der Waals surface area (Å²) in [5.41, 5.74) is -5.35. The van der Waals surface area contributed by atoms with Gasteiger partial charge >= 0.3 is 15.6 Å². The largest absolute Gasteiger partial charge is 0.534 e. The number of halogens is 3. The van der Waals surface area contributed by atoms with Crippen molar-refractivity contribution in [3.8, 4) is 0 Å². The second-order valence-corrected chi connectivity index (χ2v) is 7.46. The summed E-state index contributed by atoms with van der Waals surface area (Å²) in [5.74, 6) is 1.07. The third-order valence-corrected chi connectivity index (χ3v) is 5.45. The molecule has 2 unspecified atom stereocenters. The van der Waals surface area contributed by atoms with Gasteiger partial charge in [-0.1, -0.05) is 0 Å². The van der Waals surface area contributed by atoms with E-state index >= 15 is 0 Å². The molecule has 0 spiro atoms. The Morgan fingerprint density at radius 2 is 1.63 bits per heavy atom. The average molecular weight is 296 g/mol. The number of hydrogen-bond acceptors (Lipinski definition) is 3. The van der Waals surface area contributed by atoms with Gasteiger partial charge in [-0.25, -0.2) is 0 Å². The minimum atomic E-state index is -5.52. The molecule has 0 amide bonds. The van der Waals surface area contributed by atoms with Crippen LogP contribution in [0.4, 0.5) is 13.2 Å². The Hall–Kier alpha value is -0.720. The Bertz CT molecular complexity index is 495. The van der Waals surface area contributed by atoms with Gasteiger partial charge in [-0.05, 0) is 55.9 Å². The van der Waals surface area contributed by atoms with Crippen LogP contribution in [0.15, 0.2) is 11.8 Å². The van der Waals surface area contributed by atoms with Gasteiger partial charge in [0, 0.05) is 5.92 Å². The summed E-state index contributed by atoms with van der Waals surface area (Å²) in [6, 6.07) is 0. The van der Waals surface area contributed by atoms with Crippen molar-refractivity contribution in [1.29, 1.82) is 0 Å². The van der Waals surface area contributed by atoms with E-state index < -0.39 is 15.6 Å². The van der Waals surface area contributed by atoms with Gasteiger partial charge in [-0.2, -0.15) is 21.6 Å². The van der Waals surface area contributed by atoms with Crippen LogP contribution >= 0.6 is 0 Å². The molecule has 0 saturated heterocycles. The van der Waals surface area contributed by atoms with E-state index in [0.29, 0.717) is 11.8 Å². The van der Waals surface area contributed by atoms with E-state index in [9.17, 15) is 21.6 Å². The molecular formula is C12H15F3O3S. The van der Waals surface area contributed by atoms with E-state index in [2.05, 4.69) is 4.18 Å². The fraction of sp³-hybridized carbons (Fsp3) is 0.833. The van der Waals surface area contributed by atoms with Crippen LogP contribution < -0.4 is 0 Å². The normalized spacial score (nSPS) is 37.9. The van der Waals surface area contributed by atoms with E-state index in [1.807, 2.05) is 0 Å². The predicted octanol–water partition coefficient (Wildman–Crippen LogP) is 3.19. The monoisotopic (exact) mass is 296 g/mol. The molecule has 0 heterocycles. The number of hydrogen-bond donors (Lipinski definition) is 0. The summed E-state index contributed by atoms with van der Waals surface area (Å²) >= 11 is 0. The third kappa shape index (κ3) is 2.37. The maximum Gasteiger partial charge on any atom is 0.534 e. The minimum absolute atomic E-state index is 0.0343. The van der Waals surface area contributed by atoms with Crippen molar-refractivity contribution in [3.05, 3.63) is 11.8 Å². The lowest BCUT2D eigenvalue weighted by Crippen LogP contribution is -2.30. The van der Waals surface area contributed by atoms with E-state index in [1.165, 1.54) is 0 Å². The van der Waals surface area contributed by atoms with E-state index in [0.717, 1.165) is 32.1 Å². The zero-order valence-electron chi connectivity index (χ0n) is 10.2. The molecule has 4 rings (SSSR count). The molecule has 0 aliphatic heterocycles. The molecule has 0 aromatic carbocycles. The Labute approximate surface area is 109 Å². The fourth-order valence-electron chi connectivity index (χ4n) is 3.91. The summed E-state index contributed by atoms with van der Waals surface area (Å²) in [6.45, 7) is 0. The lowest BCUT2D eigenvalue weighted by atomic mass is 9.67. The molecule has 4 aliphatic rings. The molecular weight excluding hydrogens is 281 g/mol. The smallest absolute Gasteiger partial charge is 0.381 e. The lowest BCUT2D eigenvalue weighted by Gasteiger charge is -2.38. The van der Waals surface area contributed by atoms with Gasteiger partial charge in [0.1, 0.15) is 5.76 Å². The van der Waals surface area contributed by atoms with Crippen LogP contribution in [0.2, 0.25) is 0 Å². The minimum Gasteiger partial charge on any atom is -0.381 e. The highest BCUT2D eigenvalue weighted by atomic mass is 32.2. The van der Waals surface area contributed by atoms with E-state index in [1.54, 1.807) is 6.08 Å². The van der Waals surface area contributed by atoms with Crippen molar-refractivity contribution in [2.45, 2.75) is 37.6 Å². The molecule has 2 fully saturated rings. The SMILES string of the molecule is O=S(=O)(OC1=CC2CC3CC(C2)CC1C3)C(F)(F)F. The fourth-order valence-corrected chi connectivity index (χ4v) is 4.45. The number of alkyl halides is 3. The highest BCUT2D eigenvalue weighted by Gasteiger charge is 2.50. The van der Waals surface area contributed by atoms with Crippen molar-refractivity contribution >= 4 is 10.1 Å². The molecule has 108 valence electrons. The highest BCUT2D eigenvalue weighted by molar-refractivity contribution is 7.87. The van der Waals surface area contributed by atoms with E-state index in [4.69, 9.17) is 0 Å². The first-order valence-electron chi connectivity index (χ1n) is 6.47. The molecule has 0 aromatic heterocycles. The van der Waals surface area contributed by atoms with Crippen LogP contribution in [-0.4, -0.2) is 13.9 Å². The topological polar surface area (TPSA) is 43.4 Å². The molecule has 3 nitrogen and oxygen atoms in total. The first-order valence-corrected chi connectivity index (χ1v) is 7.88. The Balaban J connectivity index is 1.86. The zero-order chi connectivity index (χ0) is 13.8. The Kier molecular flexibility index (Phi) is 2.89. The van der Waals surface area contributed by atoms with Crippen LogP contribution in [0, 0.1) is 23.7 Å². The molecule has 19 heavy (non-hydrogen) atoms. The molecule has 2 atom stereocenters. The average Bonchev–Trinajstić information content (AvgIpc) is 2.41. The van der Waals surface area contributed by atoms with Gasteiger partial charge in [-0.15, -0.1) is 0 Å². The van der Waals surface area contributed by atoms with Crippen molar-refractivity contribution in [2.24, 2.45) is 23.7 Å². The van der Waals surface area contributed by atoms with E-state index in [-0.39, 0.29) is 17.6 Å². The summed E-state index contributed by atoms with van der Waals surface area (Å²) < 4.78 is 63.8. The predicted molar refractivity (Wildman–Crippen MR) is 61.2 cm³/mol. The summed E-state index contributed by atoms with van der Waals surface area (Å²) in [6.07, 6.45) is 6.17. The number of rotatable bonds is 2. The van der Waals surface area contributed by atoms with Gasteiger partial charge in [0.05, 0.1) is 0 Å². The van der Waals surface area contributed by atoms with Gasteiger partial charge in [-0.3, -0.25) is 0 Å². The van der Waals surface area contributed by atoms with Gasteiger partial charge in [0.25, 0.3) is 0 Å². The van der Waals surface area contributed by atoms with Crippen LogP contribution in [0.25, 0.3) is 0 Å². The quantitative estimate of drug-likeness (QED) is 0.580. The molecule has 7 heteroatoms. The summed E-state index contributed by atoms with van der Waals surface area (Å²) in [5, 5.41) is 0. The van der Waals surface area contributed by atoms with Crippen molar-refractivity contribution in [1.82, 2.24) is 0 Å². The second-order valence-electron chi connectivity index (χ2n) is 5.92. The molecule has 4 aliphatic carbocycles. The molecule has 0 N–H and O–H groups in total. The third-order valence-electron chi connectivity index (χ3n) is 4.47. The molecule has 2 saturated carbocycles. The Morgan fingerprint density at radius 3 is 2.16 bits per heavy atom. The van der Waals surface area contributed by atoms with Gasteiger partial charge in [0.2, 0.25) is 0 Å². The van der Waals surface area contributed by atoms with Crippen molar-refractivity contribution in [2.75, 3.05) is 0 Å². The standard InChI is InChI=1S/C12H15F3O3S/c13-12(14,15)19(16,17)18-11-6-9-2-7-1-8(3-9)5-10(11)4-7/h6-10H,1-5H2. The maximum atomic E-state index is 12.4. The first kappa shape index (κ1) is 13.3. The van der Waals surface area contributed by atoms with Gasteiger partial charge < -0.3 is 4.18 Å². The summed E-state index contributed by atoms with van der Waals surface area (Å²) in [4.78, 5) is 0. The molecule has 4 bridgehead atoms. The number of allylic oxidation sites excluding steroid dienone is 2. The highest BCUT2D eigenvalue weighted by Crippen LogP contribution is 2.51. The van der Waals surface area contributed by atoms with Crippen LogP contribution in [0.1, 0.15) is 32.1 Å². The molecule has 0 radical (unpaired) electrons. The second kappa shape index (κ2) is 4.14. The zero-order valence-corrected chi connectivity index (χ0v) is 11.0. The lowest BCUT2D eigenvalue weighted by molar-refractivity contribution is -0.0529. The van der Waals surface area contributed by atoms with Crippen LogP contribution in [0.3, 0.4) is 0 Å². The summed E-state index contributed by atoms with van der Waals surface area (Å²) in [7, 11) is -5.52. The van der Waals surface area contributed by atoms with Crippen LogP contribution in [-0.2, 0) is 14.3 Å². The molecule has 0 aromatic rings.